The molecule has 0 aliphatic rings. The molecule has 0 saturated heterocycles. The van der Waals surface area contributed by atoms with Gasteiger partial charge in [-0.05, 0) is 32.0 Å². The first-order valence-electron chi connectivity index (χ1n) is 5.81. The number of hydrogen-bond donors (Lipinski definition) is 1. The Hall–Kier alpha value is -2.24. The van der Waals surface area contributed by atoms with Crippen LogP contribution in [0.1, 0.15) is 13.8 Å². The second-order valence-corrected chi connectivity index (χ2v) is 4.80. The SMILES string of the molecule is COC(=O)C(C)(C)N(C)c1ccc2oc(=O)[nH]c2c1. The van der Waals surface area contributed by atoms with Crippen molar-refractivity contribution in [1.82, 2.24) is 4.98 Å². The van der Waals surface area contributed by atoms with E-state index in [2.05, 4.69) is 4.98 Å². The summed E-state index contributed by atoms with van der Waals surface area (Å²) in [6.07, 6.45) is 0. The van der Waals surface area contributed by atoms with Crippen LogP contribution < -0.4 is 10.7 Å². The minimum absolute atomic E-state index is 0.337. The van der Waals surface area contributed by atoms with E-state index in [9.17, 15) is 9.59 Å². The molecule has 2 aromatic rings. The lowest BCUT2D eigenvalue weighted by atomic mass is 10.0. The average molecular weight is 264 g/mol. The van der Waals surface area contributed by atoms with Crippen LogP contribution in [0.5, 0.6) is 0 Å². The average Bonchev–Trinajstić information content (AvgIpc) is 2.75. The summed E-state index contributed by atoms with van der Waals surface area (Å²) in [6.45, 7) is 3.53. The van der Waals surface area contributed by atoms with Gasteiger partial charge in [-0.2, -0.15) is 0 Å². The number of nitrogens with zero attached hydrogens (tertiary/aromatic N) is 1. The molecule has 19 heavy (non-hydrogen) atoms. The van der Waals surface area contributed by atoms with Crippen LogP contribution >= 0.6 is 0 Å². The number of benzene rings is 1. The van der Waals surface area contributed by atoms with Gasteiger partial charge in [0.05, 0.1) is 12.6 Å². The molecule has 1 aromatic carbocycles. The van der Waals surface area contributed by atoms with Gasteiger partial charge in [0, 0.05) is 12.7 Å². The number of oxazole rings is 1. The summed E-state index contributed by atoms with van der Waals surface area (Å²) < 4.78 is 9.73. The molecule has 0 unspecified atom stereocenters. The second-order valence-electron chi connectivity index (χ2n) is 4.80. The molecule has 0 aliphatic heterocycles. The zero-order valence-corrected chi connectivity index (χ0v) is 11.3. The highest BCUT2D eigenvalue weighted by molar-refractivity contribution is 5.85. The number of aromatic nitrogens is 1. The Kier molecular flexibility index (Phi) is 3.09. The van der Waals surface area contributed by atoms with E-state index in [0.29, 0.717) is 11.1 Å². The van der Waals surface area contributed by atoms with E-state index < -0.39 is 11.3 Å². The minimum Gasteiger partial charge on any atom is -0.467 e. The molecule has 0 radical (unpaired) electrons. The van der Waals surface area contributed by atoms with Crippen molar-refractivity contribution < 1.29 is 13.9 Å². The normalized spacial score (nSPS) is 11.6. The first kappa shape index (κ1) is 13.2. The Morgan fingerprint density at radius 1 is 1.42 bits per heavy atom. The van der Waals surface area contributed by atoms with E-state index in [1.807, 2.05) is 0 Å². The number of likely N-dealkylation sites (N-methyl/N-ethyl adjacent to an activating group) is 1. The molecule has 0 aliphatic carbocycles. The Labute approximate surface area is 110 Å². The summed E-state index contributed by atoms with van der Waals surface area (Å²) in [5.41, 5.74) is 1.04. The maximum Gasteiger partial charge on any atom is 0.417 e. The fraction of sp³-hybridized carbons (Fsp3) is 0.385. The molecule has 1 N–H and O–H groups in total. The van der Waals surface area contributed by atoms with E-state index in [-0.39, 0.29) is 5.97 Å². The van der Waals surface area contributed by atoms with Gasteiger partial charge in [-0.1, -0.05) is 0 Å². The van der Waals surface area contributed by atoms with Crippen LogP contribution in [0.15, 0.2) is 27.4 Å². The van der Waals surface area contributed by atoms with E-state index in [1.165, 1.54) is 7.11 Å². The summed E-state index contributed by atoms with van der Waals surface area (Å²) in [5.74, 6) is -0.835. The first-order chi connectivity index (χ1) is 8.86. The standard InChI is InChI=1S/C13H16N2O4/c1-13(2,11(16)18-4)15(3)8-5-6-10-9(7-8)14-12(17)19-10/h5-7H,1-4H3,(H,14,17). The zero-order valence-electron chi connectivity index (χ0n) is 11.3. The molecule has 0 spiro atoms. The third-order valence-corrected chi connectivity index (χ3v) is 3.31. The molecule has 102 valence electrons. The molecule has 0 amide bonds. The lowest BCUT2D eigenvalue weighted by Crippen LogP contribution is -2.48. The van der Waals surface area contributed by atoms with Crippen LogP contribution in [0.2, 0.25) is 0 Å². The minimum atomic E-state index is -0.813. The van der Waals surface area contributed by atoms with Crippen LogP contribution in [0.3, 0.4) is 0 Å². The third kappa shape index (κ3) is 2.21. The number of anilines is 1. The van der Waals surface area contributed by atoms with Gasteiger partial charge in [0.25, 0.3) is 0 Å². The molecule has 6 nitrogen and oxygen atoms in total. The van der Waals surface area contributed by atoms with Gasteiger partial charge in [-0.15, -0.1) is 0 Å². The monoisotopic (exact) mass is 264 g/mol. The van der Waals surface area contributed by atoms with Crippen LogP contribution in [-0.2, 0) is 9.53 Å². The molecule has 0 saturated carbocycles. The number of H-pyrrole nitrogens is 1. The maximum atomic E-state index is 11.8. The summed E-state index contributed by atoms with van der Waals surface area (Å²) >= 11 is 0. The highest BCUT2D eigenvalue weighted by Crippen LogP contribution is 2.25. The van der Waals surface area contributed by atoms with Crippen LogP contribution in [0, 0.1) is 0 Å². The van der Waals surface area contributed by atoms with E-state index >= 15 is 0 Å². The molecule has 2 rings (SSSR count). The van der Waals surface area contributed by atoms with Gasteiger partial charge in [0.2, 0.25) is 0 Å². The number of carbonyl (C=O) groups is 1. The fourth-order valence-electron chi connectivity index (χ4n) is 1.86. The van der Waals surface area contributed by atoms with Crippen molar-refractivity contribution in [3.63, 3.8) is 0 Å². The Morgan fingerprint density at radius 3 is 2.74 bits per heavy atom. The van der Waals surface area contributed by atoms with Crippen LogP contribution in [-0.4, -0.2) is 30.6 Å². The van der Waals surface area contributed by atoms with Gasteiger partial charge in [0.15, 0.2) is 5.58 Å². The number of ether oxygens (including phenoxy) is 1. The molecule has 1 heterocycles. The van der Waals surface area contributed by atoms with Crippen molar-refractivity contribution in [3.8, 4) is 0 Å². The first-order valence-corrected chi connectivity index (χ1v) is 5.81. The Balaban J connectivity index is 2.43. The number of hydrogen-bond acceptors (Lipinski definition) is 5. The molecular formula is C13H16N2O4. The van der Waals surface area contributed by atoms with Gasteiger partial charge in [-0.3, -0.25) is 4.98 Å². The van der Waals surface area contributed by atoms with Crippen molar-refractivity contribution in [2.75, 3.05) is 19.1 Å². The topological polar surface area (TPSA) is 75.5 Å². The summed E-state index contributed by atoms with van der Waals surface area (Å²) in [4.78, 5) is 27.3. The summed E-state index contributed by atoms with van der Waals surface area (Å²) in [5, 5.41) is 0. The predicted octanol–water partition coefficient (Wildman–Crippen LogP) is 1.51. The number of nitrogens with one attached hydrogen (secondary N) is 1. The fourth-order valence-corrected chi connectivity index (χ4v) is 1.86. The Morgan fingerprint density at radius 2 is 2.11 bits per heavy atom. The molecule has 1 aromatic heterocycles. The summed E-state index contributed by atoms with van der Waals surface area (Å²) in [7, 11) is 3.14. The largest absolute Gasteiger partial charge is 0.467 e. The smallest absolute Gasteiger partial charge is 0.417 e. The van der Waals surface area contributed by atoms with E-state index in [4.69, 9.17) is 9.15 Å². The van der Waals surface area contributed by atoms with Crippen molar-refractivity contribution in [3.05, 3.63) is 28.7 Å². The highest BCUT2D eigenvalue weighted by atomic mass is 16.5. The number of rotatable bonds is 3. The molecule has 0 atom stereocenters. The second kappa shape index (κ2) is 4.46. The third-order valence-electron chi connectivity index (χ3n) is 3.31. The summed E-state index contributed by atoms with van der Waals surface area (Å²) in [6, 6.07) is 5.22. The lowest BCUT2D eigenvalue weighted by molar-refractivity contribution is -0.145. The number of carbonyl (C=O) groups excluding carboxylic acids is 1. The maximum absolute atomic E-state index is 11.8. The van der Waals surface area contributed by atoms with Gasteiger partial charge < -0.3 is 14.1 Å². The number of aromatic amines is 1. The molecular weight excluding hydrogens is 248 g/mol. The Bertz CT molecular complexity index is 669. The van der Waals surface area contributed by atoms with Crippen molar-refractivity contribution >= 4 is 22.8 Å². The van der Waals surface area contributed by atoms with Crippen molar-refractivity contribution in [2.45, 2.75) is 19.4 Å². The molecule has 6 heteroatoms. The zero-order chi connectivity index (χ0) is 14.2. The lowest BCUT2D eigenvalue weighted by Gasteiger charge is -2.34. The molecule has 0 fully saturated rings. The van der Waals surface area contributed by atoms with Crippen LogP contribution in [0.25, 0.3) is 11.1 Å². The van der Waals surface area contributed by atoms with E-state index in [1.54, 1.807) is 44.0 Å². The highest BCUT2D eigenvalue weighted by Gasteiger charge is 2.33. The van der Waals surface area contributed by atoms with Gasteiger partial charge >= 0.3 is 11.7 Å². The number of fused-ring (bicyclic) bond motifs is 1. The molecule has 0 bridgehead atoms. The predicted molar refractivity (Wildman–Crippen MR) is 71.3 cm³/mol. The van der Waals surface area contributed by atoms with Gasteiger partial charge in [-0.25, -0.2) is 9.59 Å². The number of methoxy groups -OCH3 is 1. The van der Waals surface area contributed by atoms with Gasteiger partial charge in [0.1, 0.15) is 5.54 Å². The van der Waals surface area contributed by atoms with E-state index in [0.717, 1.165) is 5.69 Å². The quantitative estimate of drug-likeness (QED) is 0.850. The van der Waals surface area contributed by atoms with Crippen LogP contribution in [0.4, 0.5) is 5.69 Å². The van der Waals surface area contributed by atoms with Crippen molar-refractivity contribution in [1.29, 1.82) is 0 Å². The van der Waals surface area contributed by atoms with Crippen molar-refractivity contribution in [2.24, 2.45) is 0 Å². The number of esters is 1.